The van der Waals surface area contributed by atoms with E-state index in [1.54, 1.807) is 11.8 Å². The molecule has 1 N–H and O–H groups in total. The third-order valence-corrected chi connectivity index (χ3v) is 4.59. The molecule has 0 saturated heterocycles. The standard InChI is InChI=1S/C17H19N5S/c1-17(2,3)16-21-20-15-9-8-13(11-22(15)16)23-14-7-5-4-6-12(14)10-19-18/h4-9,11,18H,10H2,1-3H3. The molecule has 0 unspecified atom stereocenters. The van der Waals surface area contributed by atoms with Gasteiger partial charge in [-0.05, 0) is 23.8 Å². The van der Waals surface area contributed by atoms with E-state index in [1.165, 1.54) is 0 Å². The molecule has 23 heavy (non-hydrogen) atoms. The van der Waals surface area contributed by atoms with Crippen molar-refractivity contribution in [2.45, 2.75) is 42.5 Å². The molecule has 5 nitrogen and oxygen atoms in total. The molecule has 118 valence electrons. The van der Waals surface area contributed by atoms with Crippen LogP contribution < -0.4 is 0 Å². The summed E-state index contributed by atoms with van der Waals surface area (Å²) in [5, 5.41) is 12.1. The Balaban J connectivity index is 2.00. The molecule has 6 heteroatoms. The van der Waals surface area contributed by atoms with Crippen LogP contribution in [0.3, 0.4) is 0 Å². The van der Waals surface area contributed by atoms with Gasteiger partial charge in [0.1, 0.15) is 5.82 Å². The third-order valence-electron chi connectivity index (χ3n) is 3.50. The Morgan fingerprint density at radius 2 is 1.91 bits per heavy atom. The number of pyridine rings is 1. The van der Waals surface area contributed by atoms with Gasteiger partial charge in [-0.15, -0.1) is 10.2 Å². The molecule has 0 saturated carbocycles. The Morgan fingerprint density at radius 1 is 1.13 bits per heavy atom. The minimum atomic E-state index is -0.0648. The second-order valence-electron chi connectivity index (χ2n) is 6.39. The Bertz CT molecular complexity index is 848. The molecule has 0 aliphatic rings. The van der Waals surface area contributed by atoms with E-state index in [4.69, 9.17) is 5.53 Å². The van der Waals surface area contributed by atoms with E-state index >= 15 is 0 Å². The van der Waals surface area contributed by atoms with E-state index in [9.17, 15) is 0 Å². The molecule has 0 radical (unpaired) electrons. The SMILES string of the molecule is CC(C)(C)c1nnc2ccc(Sc3ccccc3CN=N)cn12. The van der Waals surface area contributed by atoms with Crippen LogP contribution in [0.5, 0.6) is 0 Å². The average molecular weight is 325 g/mol. The van der Waals surface area contributed by atoms with Crippen LogP contribution in [-0.2, 0) is 12.0 Å². The van der Waals surface area contributed by atoms with E-state index in [0.717, 1.165) is 26.8 Å². The molecule has 0 fully saturated rings. The lowest BCUT2D eigenvalue weighted by Gasteiger charge is -2.16. The van der Waals surface area contributed by atoms with Gasteiger partial charge in [-0.25, -0.2) is 5.53 Å². The van der Waals surface area contributed by atoms with Crippen molar-refractivity contribution >= 4 is 17.4 Å². The van der Waals surface area contributed by atoms with E-state index in [1.807, 2.05) is 24.3 Å². The normalized spacial score (nSPS) is 11.8. The van der Waals surface area contributed by atoms with Crippen molar-refractivity contribution in [2.24, 2.45) is 5.11 Å². The predicted octanol–water partition coefficient (Wildman–Crippen LogP) is 4.71. The summed E-state index contributed by atoms with van der Waals surface area (Å²) in [5.41, 5.74) is 8.95. The van der Waals surface area contributed by atoms with Gasteiger partial charge in [0.25, 0.3) is 0 Å². The molecule has 0 amide bonds. The minimum Gasteiger partial charge on any atom is -0.285 e. The fraction of sp³-hybridized carbons (Fsp3) is 0.294. The maximum atomic E-state index is 7.10. The Hall–Kier alpha value is -2.21. The predicted molar refractivity (Wildman–Crippen MR) is 91.1 cm³/mol. The molecule has 3 aromatic rings. The van der Waals surface area contributed by atoms with Gasteiger partial charge in [0.15, 0.2) is 5.65 Å². The van der Waals surface area contributed by atoms with Gasteiger partial charge in [0.2, 0.25) is 0 Å². The highest BCUT2D eigenvalue weighted by molar-refractivity contribution is 7.99. The van der Waals surface area contributed by atoms with Gasteiger partial charge >= 0.3 is 0 Å². The highest BCUT2D eigenvalue weighted by Gasteiger charge is 2.21. The molecule has 1 aromatic carbocycles. The molecular weight excluding hydrogens is 306 g/mol. The van der Waals surface area contributed by atoms with E-state index in [-0.39, 0.29) is 5.41 Å². The first-order valence-corrected chi connectivity index (χ1v) is 8.25. The Morgan fingerprint density at radius 3 is 2.65 bits per heavy atom. The summed E-state index contributed by atoms with van der Waals surface area (Å²) in [7, 11) is 0. The largest absolute Gasteiger partial charge is 0.285 e. The zero-order chi connectivity index (χ0) is 16.4. The third kappa shape index (κ3) is 3.27. The molecule has 0 spiro atoms. The quantitative estimate of drug-likeness (QED) is 0.706. The van der Waals surface area contributed by atoms with Gasteiger partial charge in [-0.1, -0.05) is 50.7 Å². The van der Waals surface area contributed by atoms with E-state index < -0.39 is 0 Å². The average Bonchev–Trinajstić information content (AvgIpc) is 2.93. The fourth-order valence-corrected chi connectivity index (χ4v) is 3.35. The molecule has 2 aromatic heterocycles. The van der Waals surface area contributed by atoms with Crippen molar-refractivity contribution < 1.29 is 0 Å². The van der Waals surface area contributed by atoms with Crippen molar-refractivity contribution in [3.63, 3.8) is 0 Å². The number of aromatic nitrogens is 3. The maximum Gasteiger partial charge on any atom is 0.160 e. The number of benzene rings is 1. The summed E-state index contributed by atoms with van der Waals surface area (Å²) in [4.78, 5) is 2.23. The number of fused-ring (bicyclic) bond motifs is 1. The fourth-order valence-electron chi connectivity index (χ4n) is 2.39. The second kappa shape index (κ2) is 6.12. The van der Waals surface area contributed by atoms with Crippen molar-refractivity contribution in [3.05, 3.63) is 54.0 Å². The summed E-state index contributed by atoms with van der Waals surface area (Å²) in [6.45, 7) is 6.81. The van der Waals surface area contributed by atoms with Crippen molar-refractivity contribution in [3.8, 4) is 0 Å². The lowest BCUT2D eigenvalue weighted by molar-refractivity contribution is 0.538. The molecule has 0 aliphatic carbocycles. The lowest BCUT2D eigenvalue weighted by atomic mass is 9.96. The zero-order valence-electron chi connectivity index (χ0n) is 13.4. The highest BCUT2D eigenvalue weighted by Crippen LogP contribution is 2.32. The molecular formula is C17H19N5S. The summed E-state index contributed by atoms with van der Waals surface area (Å²) in [6, 6.07) is 12.1. The van der Waals surface area contributed by atoms with Gasteiger partial charge in [0, 0.05) is 21.4 Å². The number of hydrogen-bond donors (Lipinski definition) is 1. The number of nitrogens with zero attached hydrogens (tertiary/aromatic N) is 4. The lowest BCUT2D eigenvalue weighted by Crippen LogP contribution is -2.15. The first-order chi connectivity index (χ1) is 11.0. The number of rotatable bonds is 4. The van der Waals surface area contributed by atoms with Gasteiger partial charge in [-0.3, -0.25) is 4.40 Å². The van der Waals surface area contributed by atoms with Crippen LogP contribution in [0, 0.1) is 5.53 Å². The smallest absolute Gasteiger partial charge is 0.160 e. The summed E-state index contributed by atoms with van der Waals surface area (Å²) < 4.78 is 2.06. The summed E-state index contributed by atoms with van der Waals surface area (Å²) in [5.74, 6) is 0.949. The van der Waals surface area contributed by atoms with Crippen LogP contribution in [-0.4, -0.2) is 14.6 Å². The van der Waals surface area contributed by atoms with Crippen LogP contribution in [0.25, 0.3) is 5.65 Å². The molecule has 0 atom stereocenters. The highest BCUT2D eigenvalue weighted by atomic mass is 32.2. The van der Waals surface area contributed by atoms with Gasteiger partial charge in [-0.2, -0.15) is 5.11 Å². The van der Waals surface area contributed by atoms with Crippen molar-refractivity contribution in [1.82, 2.24) is 14.6 Å². The Kier molecular flexibility index (Phi) is 4.17. The van der Waals surface area contributed by atoms with Crippen LogP contribution in [0.4, 0.5) is 0 Å². The first-order valence-electron chi connectivity index (χ1n) is 7.43. The van der Waals surface area contributed by atoms with Crippen LogP contribution in [0.2, 0.25) is 0 Å². The van der Waals surface area contributed by atoms with Crippen LogP contribution >= 0.6 is 11.8 Å². The number of nitrogens with one attached hydrogen (secondary N) is 1. The Labute approximate surface area is 139 Å². The minimum absolute atomic E-state index is 0.0648. The second-order valence-corrected chi connectivity index (χ2v) is 7.51. The molecule has 3 rings (SSSR count). The van der Waals surface area contributed by atoms with Gasteiger partial charge in [0.05, 0.1) is 6.54 Å². The van der Waals surface area contributed by atoms with E-state index in [2.05, 4.69) is 58.8 Å². The first kappa shape index (κ1) is 15.7. The molecule has 2 heterocycles. The monoisotopic (exact) mass is 325 g/mol. The maximum absolute atomic E-state index is 7.10. The summed E-state index contributed by atoms with van der Waals surface area (Å²) in [6.07, 6.45) is 2.08. The van der Waals surface area contributed by atoms with Gasteiger partial charge < -0.3 is 0 Å². The van der Waals surface area contributed by atoms with Crippen LogP contribution in [0.15, 0.2) is 57.5 Å². The number of hydrogen-bond acceptors (Lipinski definition) is 5. The topological polar surface area (TPSA) is 66.4 Å². The van der Waals surface area contributed by atoms with E-state index in [0.29, 0.717) is 6.54 Å². The zero-order valence-corrected chi connectivity index (χ0v) is 14.3. The van der Waals surface area contributed by atoms with Crippen molar-refractivity contribution in [2.75, 3.05) is 0 Å². The van der Waals surface area contributed by atoms with Crippen molar-refractivity contribution in [1.29, 1.82) is 5.53 Å². The molecule has 0 bridgehead atoms. The van der Waals surface area contributed by atoms with Crippen LogP contribution in [0.1, 0.15) is 32.2 Å². The molecule has 0 aliphatic heterocycles. The summed E-state index contributed by atoms with van der Waals surface area (Å²) >= 11 is 1.67.